The number of rotatable bonds is 11. The van der Waals surface area contributed by atoms with Crippen LogP contribution in [0.2, 0.25) is 0 Å². The fourth-order valence-corrected chi connectivity index (χ4v) is 3.00. The van der Waals surface area contributed by atoms with Crippen molar-refractivity contribution in [1.29, 1.82) is 0 Å². The second-order valence-corrected chi connectivity index (χ2v) is 7.70. The molecule has 158 valence electrons. The van der Waals surface area contributed by atoms with Crippen LogP contribution in [0.5, 0.6) is 11.5 Å². The molecular formula is C23H33N3O3. The third kappa shape index (κ3) is 7.38. The highest BCUT2D eigenvalue weighted by molar-refractivity contribution is 5.78. The smallest absolute Gasteiger partial charge is 0.225 e. The fraction of sp³-hybridized carbons (Fsp3) is 0.478. The Morgan fingerprint density at radius 3 is 2.48 bits per heavy atom. The third-order valence-electron chi connectivity index (χ3n) is 4.51. The highest BCUT2D eigenvalue weighted by atomic mass is 16.5. The van der Waals surface area contributed by atoms with Gasteiger partial charge in [-0.2, -0.15) is 0 Å². The predicted octanol–water partition coefficient (Wildman–Crippen LogP) is 3.61. The molecule has 29 heavy (non-hydrogen) atoms. The van der Waals surface area contributed by atoms with E-state index in [4.69, 9.17) is 9.47 Å². The first-order chi connectivity index (χ1) is 13.9. The minimum absolute atomic E-state index is 0.0772. The molecule has 0 aliphatic heterocycles. The number of amides is 1. The van der Waals surface area contributed by atoms with Gasteiger partial charge in [0, 0.05) is 37.9 Å². The van der Waals surface area contributed by atoms with Crippen LogP contribution in [0.3, 0.4) is 0 Å². The van der Waals surface area contributed by atoms with E-state index in [2.05, 4.69) is 9.88 Å². The minimum Gasteiger partial charge on any atom is -0.493 e. The molecule has 6 heteroatoms. The molecule has 2 rings (SSSR count). The van der Waals surface area contributed by atoms with Crippen LogP contribution in [0, 0.1) is 5.92 Å². The summed E-state index contributed by atoms with van der Waals surface area (Å²) < 4.78 is 11.4. The van der Waals surface area contributed by atoms with Gasteiger partial charge in [0.15, 0.2) is 11.5 Å². The zero-order valence-corrected chi connectivity index (χ0v) is 18.2. The molecule has 2 aromatic rings. The number of pyridine rings is 1. The Bertz CT molecular complexity index is 763. The molecule has 0 bridgehead atoms. The van der Waals surface area contributed by atoms with Crippen molar-refractivity contribution in [3.63, 3.8) is 0 Å². The Labute approximate surface area is 174 Å². The van der Waals surface area contributed by atoms with E-state index in [1.807, 2.05) is 63.2 Å². The van der Waals surface area contributed by atoms with E-state index in [1.54, 1.807) is 19.5 Å². The molecule has 0 saturated heterocycles. The van der Waals surface area contributed by atoms with E-state index in [0.717, 1.165) is 24.1 Å². The van der Waals surface area contributed by atoms with Crippen LogP contribution in [0.15, 0.2) is 42.7 Å². The summed E-state index contributed by atoms with van der Waals surface area (Å²) in [6.07, 6.45) is 4.47. The zero-order chi connectivity index (χ0) is 21.2. The molecule has 1 amide bonds. The Hall–Kier alpha value is -2.60. The van der Waals surface area contributed by atoms with Gasteiger partial charge in [-0.25, -0.2) is 0 Å². The Balaban J connectivity index is 2.14. The first-order valence-electron chi connectivity index (χ1n) is 10.0. The van der Waals surface area contributed by atoms with E-state index in [1.165, 1.54) is 0 Å². The SMILES string of the molecule is COc1ccc(CN(Cc2cccnc2)C(=O)C(C)C)cc1OCCCN(C)C. The van der Waals surface area contributed by atoms with Gasteiger partial charge in [-0.15, -0.1) is 0 Å². The summed E-state index contributed by atoms with van der Waals surface area (Å²) in [6, 6.07) is 9.73. The maximum absolute atomic E-state index is 12.8. The minimum atomic E-state index is -0.0772. The van der Waals surface area contributed by atoms with Gasteiger partial charge in [0.1, 0.15) is 0 Å². The van der Waals surface area contributed by atoms with Crippen molar-refractivity contribution in [1.82, 2.24) is 14.8 Å². The normalized spacial score (nSPS) is 11.0. The van der Waals surface area contributed by atoms with Crippen LogP contribution in [-0.2, 0) is 17.9 Å². The van der Waals surface area contributed by atoms with Crippen molar-refractivity contribution in [2.75, 3.05) is 34.4 Å². The monoisotopic (exact) mass is 399 g/mol. The molecule has 1 aromatic carbocycles. The lowest BCUT2D eigenvalue weighted by atomic mass is 10.1. The summed E-state index contributed by atoms with van der Waals surface area (Å²) in [4.78, 5) is 20.9. The largest absolute Gasteiger partial charge is 0.493 e. The number of ether oxygens (including phenoxy) is 2. The number of carbonyl (C=O) groups is 1. The lowest BCUT2D eigenvalue weighted by Gasteiger charge is -2.25. The van der Waals surface area contributed by atoms with Gasteiger partial charge >= 0.3 is 0 Å². The van der Waals surface area contributed by atoms with Crippen molar-refractivity contribution in [2.24, 2.45) is 5.92 Å². The van der Waals surface area contributed by atoms with Crippen LogP contribution in [-0.4, -0.2) is 55.0 Å². The maximum Gasteiger partial charge on any atom is 0.225 e. The van der Waals surface area contributed by atoms with Gasteiger partial charge in [0.25, 0.3) is 0 Å². The molecule has 0 radical (unpaired) electrons. The topological polar surface area (TPSA) is 54.9 Å². The standard InChI is InChI=1S/C23H33N3O3/c1-18(2)23(27)26(17-20-8-6-11-24-15-20)16-19-9-10-21(28-5)22(14-19)29-13-7-12-25(3)4/h6,8-11,14-15,18H,7,12-13,16-17H2,1-5H3. The van der Waals surface area contributed by atoms with Gasteiger partial charge in [0.2, 0.25) is 5.91 Å². The van der Waals surface area contributed by atoms with Gasteiger partial charge in [-0.1, -0.05) is 26.0 Å². The summed E-state index contributed by atoms with van der Waals surface area (Å²) in [5.41, 5.74) is 2.02. The van der Waals surface area contributed by atoms with Gasteiger partial charge in [-0.3, -0.25) is 9.78 Å². The van der Waals surface area contributed by atoms with Crippen molar-refractivity contribution in [3.8, 4) is 11.5 Å². The number of hydrogen-bond acceptors (Lipinski definition) is 5. The zero-order valence-electron chi connectivity index (χ0n) is 18.2. The molecule has 0 N–H and O–H groups in total. The average molecular weight is 400 g/mol. The molecular weight excluding hydrogens is 366 g/mol. The fourth-order valence-electron chi connectivity index (χ4n) is 3.00. The molecule has 6 nitrogen and oxygen atoms in total. The molecule has 0 aliphatic rings. The molecule has 0 atom stereocenters. The van der Waals surface area contributed by atoms with Gasteiger partial charge < -0.3 is 19.3 Å². The van der Waals surface area contributed by atoms with E-state index in [9.17, 15) is 4.79 Å². The first-order valence-corrected chi connectivity index (χ1v) is 10.0. The van der Waals surface area contributed by atoms with Crippen LogP contribution in [0.1, 0.15) is 31.4 Å². The van der Waals surface area contributed by atoms with E-state index in [0.29, 0.717) is 31.2 Å². The highest BCUT2D eigenvalue weighted by Crippen LogP contribution is 2.29. The van der Waals surface area contributed by atoms with Crippen molar-refractivity contribution in [2.45, 2.75) is 33.4 Å². The van der Waals surface area contributed by atoms with E-state index in [-0.39, 0.29) is 11.8 Å². The summed E-state index contributed by atoms with van der Waals surface area (Å²) in [7, 11) is 5.73. The second-order valence-electron chi connectivity index (χ2n) is 7.70. The molecule has 0 spiro atoms. The maximum atomic E-state index is 12.8. The molecule has 1 heterocycles. The van der Waals surface area contributed by atoms with Crippen LogP contribution in [0.25, 0.3) is 0 Å². The van der Waals surface area contributed by atoms with Crippen LogP contribution < -0.4 is 9.47 Å². The van der Waals surface area contributed by atoms with Crippen molar-refractivity contribution in [3.05, 3.63) is 53.9 Å². The summed E-state index contributed by atoms with van der Waals surface area (Å²) >= 11 is 0. The van der Waals surface area contributed by atoms with Crippen molar-refractivity contribution < 1.29 is 14.3 Å². The lowest BCUT2D eigenvalue weighted by molar-refractivity contribution is -0.135. The molecule has 0 aliphatic carbocycles. The third-order valence-corrected chi connectivity index (χ3v) is 4.51. The summed E-state index contributed by atoms with van der Waals surface area (Å²) in [5.74, 6) is 1.44. The van der Waals surface area contributed by atoms with E-state index >= 15 is 0 Å². The molecule has 0 unspecified atom stereocenters. The summed E-state index contributed by atoms with van der Waals surface area (Å²) in [5, 5.41) is 0. The number of carbonyl (C=O) groups excluding carboxylic acids is 1. The van der Waals surface area contributed by atoms with Crippen LogP contribution in [0.4, 0.5) is 0 Å². The number of methoxy groups -OCH3 is 1. The van der Waals surface area contributed by atoms with Gasteiger partial charge in [-0.05, 0) is 49.8 Å². The van der Waals surface area contributed by atoms with Crippen LogP contribution >= 0.6 is 0 Å². The Morgan fingerprint density at radius 2 is 1.86 bits per heavy atom. The Morgan fingerprint density at radius 1 is 1.10 bits per heavy atom. The Kier molecular flexibility index (Phi) is 8.93. The lowest BCUT2D eigenvalue weighted by Crippen LogP contribution is -2.33. The first kappa shape index (κ1) is 22.7. The quantitative estimate of drug-likeness (QED) is 0.541. The van der Waals surface area contributed by atoms with Crippen molar-refractivity contribution >= 4 is 5.91 Å². The number of nitrogens with zero attached hydrogens (tertiary/aromatic N) is 3. The number of benzene rings is 1. The molecule has 1 aromatic heterocycles. The second kappa shape index (κ2) is 11.4. The molecule has 0 fully saturated rings. The number of aromatic nitrogens is 1. The number of hydrogen-bond donors (Lipinski definition) is 0. The molecule has 0 saturated carbocycles. The van der Waals surface area contributed by atoms with E-state index < -0.39 is 0 Å². The predicted molar refractivity (Wildman–Crippen MR) is 115 cm³/mol. The summed E-state index contributed by atoms with van der Waals surface area (Å²) in [6.45, 7) is 6.45. The highest BCUT2D eigenvalue weighted by Gasteiger charge is 2.19. The average Bonchev–Trinajstić information content (AvgIpc) is 2.71. The van der Waals surface area contributed by atoms with Gasteiger partial charge in [0.05, 0.1) is 13.7 Å².